The molecule has 1 saturated heterocycles. The van der Waals surface area contributed by atoms with Gasteiger partial charge in [-0.25, -0.2) is 4.39 Å². The Morgan fingerprint density at radius 1 is 1.47 bits per heavy atom. The third kappa shape index (κ3) is 3.77. The summed E-state index contributed by atoms with van der Waals surface area (Å²) < 4.78 is 13.1. The van der Waals surface area contributed by atoms with Crippen molar-refractivity contribution in [2.24, 2.45) is 11.8 Å². The molecular weight excluding hydrogens is 243 g/mol. The van der Waals surface area contributed by atoms with E-state index < -0.39 is 0 Å². The third-order valence-electron chi connectivity index (χ3n) is 3.60. The minimum atomic E-state index is -0.258. The quantitative estimate of drug-likeness (QED) is 0.906. The maximum absolute atomic E-state index is 13.1. The molecule has 0 aliphatic carbocycles. The van der Waals surface area contributed by atoms with Crippen LogP contribution >= 0.6 is 0 Å². The number of nitrogens with one attached hydrogen (secondary N) is 1. The number of carbonyl (C=O) groups excluding carboxylic acids is 1. The summed E-state index contributed by atoms with van der Waals surface area (Å²) in [7, 11) is 1.78. The zero-order valence-corrected chi connectivity index (χ0v) is 11.5. The van der Waals surface area contributed by atoms with Crippen LogP contribution in [0.5, 0.6) is 0 Å². The lowest BCUT2D eigenvalue weighted by molar-refractivity contribution is -0.135. The van der Waals surface area contributed by atoms with Gasteiger partial charge in [-0.1, -0.05) is 19.1 Å². The highest BCUT2D eigenvalue weighted by atomic mass is 19.1. The molecule has 0 aromatic heterocycles. The highest BCUT2D eigenvalue weighted by molar-refractivity contribution is 5.79. The number of halogens is 1. The number of hydrogen-bond acceptors (Lipinski definition) is 2. The van der Waals surface area contributed by atoms with Gasteiger partial charge < -0.3 is 10.2 Å². The molecule has 3 nitrogen and oxygen atoms in total. The van der Waals surface area contributed by atoms with Crippen molar-refractivity contribution >= 4 is 5.91 Å². The number of piperidine rings is 1. The highest BCUT2D eigenvalue weighted by Crippen LogP contribution is 2.18. The molecule has 4 heteroatoms. The van der Waals surface area contributed by atoms with Crippen LogP contribution in [-0.4, -0.2) is 30.9 Å². The Labute approximate surface area is 113 Å². The van der Waals surface area contributed by atoms with E-state index in [1.165, 1.54) is 12.1 Å². The lowest BCUT2D eigenvalue weighted by Gasteiger charge is -2.30. The Balaban J connectivity index is 1.95. The number of rotatable bonds is 3. The second-order valence-corrected chi connectivity index (χ2v) is 5.52. The third-order valence-corrected chi connectivity index (χ3v) is 3.60. The Bertz CT molecular complexity index is 450. The molecule has 1 fully saturated rings. The van der Waals surface area contributed by atoms with Crippen LogP contribution in [0.4, 0.5) is 4.39 Å². The van der Waals surface area contributed by atoms with Gasteiger partial charge in [0.25, 0.3) is 0 Å². The smallest absolute Gasteiger partial charge is 0.227 e. The SMILES string of the molecule is CC1CNCC(C(=O)N(C)Cc2cccc(F)c2)C1. The van der Waals surface area contributed by atoms with Crippen molar-refractivity contribution in [2.45, 2.75) is 19.9 Å². The van der Waals surface area contributed by atoms with Gasteiger partial charge in [-0.05, 0) is 36.6 Å². The van der Waals surface area contributed by atoms with Gasteiger partial charge in [0.05, 0.1) is 5.92 Å². The molecule has 1 aliphatic rings. The predicted molar refractivity (Wildman–Crippen MR) is 73.0 cm³/mol. The van der Waals surface area contributed by atoms with E-state index in [4.69, 9.17) is 0 Å². The fourth-order valence-corrected chi connectivity index (χ4v) is 2.64. The molecule has 1 aliphatic heterocycles. The monoisotopic (exact) mass is 264 g/mol. The van der Waals surface area contributed by atoms with Crippen molar-refractivity contribution in [2.75, 3.05) is 20.1 Å². The fraction of sp³-hybridized carbons (Fsp3) is 0.533. The maximum Gasteiger partial charge on any atom is 0.227 e. The van der Waals surface area contributed by atoms with Gasteiger partial charge in [-0.3, -0.25) is 4.79 Å². The molecule has 0 bridgehead atoms. The molecule has 19 heavy (non-hydrogen) atoms. The first-order valence-corrected chi connectivity index (χ1v) is 6.76. The second-order valence-electron chi connectivity index (χ2n) is 5.52. The summed E-state index contributed by atoms with van der Waals surface area (Å²) in [4.78, 5) is 14.0. The van der Waals surface area contributed by atoms with Crippen molar-refractivity contribution < 1.29 is 9.18 Å². The van der Waals surface area contributed by atoms with Gasteiger partial charge in [-0.2, -0.15) is 0 Å². The number of nitrogens with zero attached hydrogens (tertiary/aromatic N) is 1. The molecule has 1 aromatic rings. The van der Waals surface area contributed by atoms with E-state index in [1.54, 1.807) is 18.0 Å². The molecule has 1 aromatic carbocycles. The van der Waals surface area contributed by atoms with Gasteiger partial charge in [-0.15, -0.1) is 0 Å². The normalized spacial score (nSPS) is 23.1. The zero-order chi connectivity index (χ0) is 13.8. The van der Waals surface area contributed by atoms with Crippen LogP contribution in [0, 0.1) is 17.7 Å². The van der Waals surface area contributed by atoms with Crippen LogP contribution < -0.4 is 5.32 Å². The largest absolute Gasteiger partial charge is 0.341 e. The standard InChI is InChI=1S/C15H21FN2O/c1-11-6-13(9-17-8-11)15(19)18(2)10-12-4-3-5-14(16)7-12/h3-5,7,11,13,17H,6,8-10H2,1-2H3. The second kappa shape index (κ2) is 6.15. The average Bonchev–Trinajstić information content (AvgIpc) is 2.38. The summed E-state index contributed by atoms with van der Waals surface area (Å²) in [6.07, 6.45) is 0.930. The molecular formula is C15H21FN2O. The molecule has 0 spiro atoms. The summed E-state index contributed by atoms with van der Waals surface area (Å²) >= 11 is 0. The summed E-state index contributed by atoms with van der Waals surface area (Å²) in [5.74, 6) is 0.460. The van der Waals surface area contributed by atoms with E-state index in [0.29, 0.717) is 12.5 Å². The topological polar surface area (TPSA) is 32.3 Å². The minimum absolute atomic E-state index is 0.0438. The van der Waals surface area contributed by atoms with Crippen molar-refractivity contribution in [1.82, 2.24) is 10.2 Å². The van der Waals surface area contributed by atoms with E-state index >= 15 is 0 Å². The number of amides is 1. The molecule has 104 valence electrons. The molecule has 1 N–H and O–H groups in total. The predicted octanol–water partition coefficient (Wildman–Crippen LogP) is 2.03. The van der Waals surface area contributed by atoms with Crippen molar-refractivity contribution in [1.29, 1.82) is 0 Å². The van der Waals surface area contributed by atoms with Gasteiger partial charge >= 0.3 is 0 Å². The van der Waals surface area contributed by atoms with Gasteiger partial charge in [0.15, 0.2) is 0 Å². The van der Waals surface area contributed by atoms with Crippen LogP contribution in [-0.2, 0) is 11.3 Å². The zero-order valence-electron chi connectivity index (χ0n) is 11.5. The number of hydrogen-bond donors (Lipinski definition) is 1. The summed E-state index contributed by atoms with van der Waals surface area (Å²) in [5, 5.41) is 3.29. The fourth-order valence-electron chi connectivity index (χ4n) is 2.64. The first-order chi connectivity index (χ1) is 9.06. The maximum atomic E-state index is 13.1. The van der Waals surface area contributed by atoms with E-state index in [2.05, 4.69) is 12.2 Å². The Hall–Kier alpha value is -1.42. The minimum Gasteiger partial charge on any atom is -0.341 e. The van der Waals surface area contributed by atoms with Crippen LogP contribution in [0.2, 0.25) is 0 Å². The molecule has 2 atom stereocenters. The Morgan fingerprint density at radius 3 is 2.95 bits per heavy atom. The molecule has 1 amide bonds. The highest BCUT2D eigenvalue weighted by Gasteiger charge is 2.27. The molecule has 1 heterocycles. The van der Waals surface area contributed by atoms with Crippen LogP contribution in [0.3, 0.4) is 0 Å². The first-order valence-electron chi connectivity index (χ1n) is 6.76. The van der Waals surface area contributed by atoms with Crippen molar-refractivity contribution in [3.63, 3.8) is 0 Å². The van der Waals surface area contributed by atoms with Gasteiger partial charge in [0, 0.05) is 20.1 Å². The molecule has 2 rings (SSSR count). The van der Waals surface area contributed by atoms with E-state index in [1.807, 2.05) is 6.07 Å². The lowest BCUT2D eigenvalue weighted by atomic mass is 9.91. The summed E-state index contributed by atoms with van der Waals surface area (Å²) in [6.45, 7) is 4.34. The number of benzene rings is 1. The molecule has 0 radical (unpaired) electrons. The van der Waals surface area contributed by atoms with Gasteiger partial charge in [0.1, 0.15) is 5.82 Å². The van der Waals surface area contributed by atoms with Crippen LogP contribution in [0.25, 0.3) is 0 Å². The molecule has 2 unspecified atom stereocenters. The van der Waals surface area contributed by atoms with E-state index in [9.17, 15) is 9.18 Å². The van der Waals surface area contributed by atoms with E-state index in [-0.39, 0.29) is 17.6 Å². The summed E-state index contributed by atoms with van der Waals surface area (Å²) in [5.41, 5.74) is 0.827. The Morgan fingerprint density at radius 2 is 2.26 bits per heavy atom. The number of carbonyl (C=O) groups is 1. The van der Waals surface area contributed by atoms with E-state index in [0.717, 1.165) is 25.1 Å². The van der Waals surface area contributed by atoms with Crippen molar-refractivity contribution in [3.8, 4) is 0 Å². The van der Waals surface area contributed by atoms with Crippen LogP contribution in [0.15, 0.2) is 24.3 Å². The first kappa shape index (κ1) is 14.0. The Kier molecular flexibility index (Phi) is 4.53. The van der Waals surface area contributed by atoms with Crippen LogP contribution in [0.1, 0.15) is 18.9 Å². The van der Waals surface area contributed by atoms with Crippen molar-refractivity contribution in [3.05, 3.63) is 35.6 Å². The summed E-state index contributed by atoms with van der Waals surface area (Å²) in [6, 6.07) is 6.41. The average molecular weight is 264 g/mol. The van der Waals surface area contributed by atoms with Gasteiger partial charge in [0.2, 0.25) is 5.91 Å². The molecule has 0 saturated carbocycles. The lowest BCUT2D eigenvalue weighted by Crippen LogP contribution is -2.43.